The number of nitrogens with zero attached hydrogens (tertiary/aromatic N) is 2. The van der Waals surface area contributed by atoms with E-state index in [1.54, 1.807) is 54.6 Å². The first-order valence-corrected chi connectivity index (χ1v) is 11.5. The number of carbonyl (C=O) groups is 2. The van der Waals surface area contributed by atoms with Gasteiger partial charge in [0, 0.05) is 12.1 Å². The molecular formula is C24H23N3O5S. The van der Waals surface area contributed by atoms with E-state index in [-0.39, 0.29) is 17.0 Å². The number of amides is 1. The second-order valence-corrected chi connectivity index (χ2v) is 9.20. The predicted octanol–water partition coefficient (Wildman–Crippen LogP) is 3.03. The summed E-state index contributed by atoms with van der Waals surface area (Å²) >= 11 is 0. The highest BCUT2D eigenvalue weighted by molar-refractivity contribution is 7.89. The molecule has 0 heterocycles. The Morgan fingerprint density at radius 1 is 0.970 bits per heavy atom. The fourth-order valence-electron chi connectivity index (χ4n) is 3.05. The van der Waals surface area contributed by atoms with E-state index < -0.39 is 28.4 Å². The first-order chi connectivity index (χ1) is 15.8. The second kappa shape index (κ2) is 10.7. The third-order valence-electron chi connectivity index (χ3n) is 4.76. The van der Waals surface area contributed by atoms with Crippen LogP contribution >= 0.6 is 0 Å². The van der Waals surface area contributed by atoms with Crippen LogP contribution in [0.4, 0.5) is 0 Å². The van der Waals surface area contributed by atoms with Crippen molar-refractivity contribution in [3.05, 3.63) is 101 Å². The van der Waals surface area contributed by atoms with Crippen molar-refractivity contribution in [1.29, 1.82) is 0 Å². The molecule has 0 aliphatic rings. The fourth-order valence-corrected chi connectivity index (χ4v) is 4.43. The second-order valence-electron chi connectivity index (χ2n) is 7.26. The Morgan fingerprint density at radius 3 is 2.27 bits per heavy atom. The van der Waals surface area contributed by atoms with Crippen LogP contribution in [0.25, 0.3) is 0 Å². The van der Waals surface area contributed by atoms with E-state index in [9.17, 15) is 23.1 Å². The summed E-state index contributed by atoms with van der Waals surface area (Å²) in [5.41, 5.74) is 4.25. The molecule has 0 saturated carbocycles. The summed E-state index contributed by atoms with van der Waals surface area (Å²) in [6.07, 6.45) is 1.21. The lowest BCUT2D eigenvalue weighted by atomic mass is 10.1. The highest BCUT2D eigenvalue weighted by Crippen LogP contribution is 2.19. The number of hydrogen-bond acceptors (Lipinski definition) is 5. The molecule has 8 nitrogen and oxygen atoms in total. The maximum absolute atomic E-state index is 13.2. The number of hydrogen-bond donors (Lipinski definition) is 2. The van der Waals surface area contributed by atoms with Crippen molar-refractivity contribution in [1.82, 2.24) is 9.73 Å². The molecule has 3 aromatic rings. The number of nitrogens with one attached hydrogen (secondary N) is 1. The molecule has 2 N–H and O–H groups in total. The minimum absolute atomic E-state index is 0.00394. The topological polar surface area (TPSA) is 116 Å². The minimum Gasteiger partial charge on any atom is -0.478 e. The molecule has 0 radical (unpaired) electrons. The number of aryl methyl sites for hydroxylation is 1. The van der Waals surface area contributed by atoms with Gasteiger partial charge in [0.2, 0.25) is 10.0 Å². The maximum Gasteiger partial charge on any atom is 0.336 e. The summed E-state index contributed by atoms with van der Waals surface area (Å²) < 4.78 is 27.6. The Balaban J connectivity index is 1.79. The largest absolute Gasteiger partial charge is 0.478 e. The Bertz CT molecular complexity index is 1260. The van der Waals surface area contributed by atoms with E-state index in [4.69, 9.17) is 0 Å². The van der Waals surface area contributed by atoms with E-state index in [0.29, 0.717) is 5.56 Å². The third-order valence-corrected chi connectivity index (χ3v) is 6.57. The van der Waals surface area contributed by atoms with Crippen LogP contribution in [0.1, 0.15) is 27.0 Å². The molecule has 0 saturated heterocycles. The first kappa shape index (κ1) is 23.8. The molecule has 0 fully saturated rings. The number of carboxylic acid groups (broad SMARTS) is 1. The van der Waals surface area contributed by atoms with Gasteiger partial charge in [-0.3, -0.25) is 4.79 Å². The molecule has 1 amide bonds. The molecule has 0 aromatic heterocycles. The Kier molecular flexibility index (Phi) is 7.70. The van der Waals surface area contributed by atoms with Crippen LogP contribution in [0, 0.1) is 6.92 Å². The van der Waals surface area contributed by atoms with Gasteiger partial charge in [-0.1, -0.05) is 66.2 Å². The third kappa shape index (κ3) is 6.34. The lowest BCUT2D eigenvalue weighted by Gasteiger charge is -2.21. The number of sulfonamides is 1. The van der Waals surface area contributed by atoms with Crippen LogP contribution in [0.15, 0.2) is 88.9 Å². The Labute approximate surface area is 192 Å². The highest BCUT2D eigenvalue weighted by Gasteiger charge is 2.26. The van der Waals surface area contributed by atoms with E-state index in [0.717, 1.165) is 15.4 Å². The fraction of sp³-hybridized carbons (Fsp3) is 0.125. The van der Waals surface area contributed by atoms with Gasteiger partial charge in [-0.25, -0.2) is 18.6 Å². The van der Waals surface area contributed by atoms with Gasteiger partial charge in [0.1, 0.15) is 0 Å². The van der Waals surface area contributed by atoms with Crippen LogP contribution in [-0.4, -0.2) is 42.5 Å². The number of rotatable bonds is 9. The van der Waals surface area contributed by atoms with Crippen molar-refractivity contribution in [3.63, 3.8) is 0 Å². The summed E-state index contributed by atoms with van der Waals surface area (Å²) in [5, 5.41) is 13.0. The van der Waals surface area contributed by atoms with Crippen molar-refractivity contribution in [3.8, 4) is 0 Å². The molecule has 3 rings (SSSR count). The van der Waals surface area contributed by atoms with Crippen LogP contribution in [-0.2, 0) is 21.4 Å². The normalized spacial score (nSPS) is 11.6. The smallest absolute Gasteiger partial charge is 0.336 e. The Hall–Kier alpha value is -3.82. The molecule has 33 heavy (non-hydrogen) atoms. The van der Waals surface area contributed by atoms with Crippen molar-refractivity contribution in [2.45, 2.75) is 18.4 Å². The van der Waals surface area contributed by atoms with Gasteiger partial charge in [0.15, 0.2) is 0 Å². The number of carboxylic acids is 1. The van der Waals surface area contributed by atoms with E-state index >= 15 is 0 Å². The molecule has 0 aliphatic carbocycles. The highest BCUT2D eigenvalue weighted by atomic mass is 32.2. The number of carbonyl (C=O) groups excluding carboxylic acids is 1. The van der Waals surface area contributed by atoms with Crippen molar-refractivity contribution < 1.29 is 23.1 Å². The molecule has 0 atom stereocenters. The monoisotopic (exact) mass is 465 g/mol. The van der Waals surface area contributed by atoms with E-state index in [1.165, 1.54) is 24.4 Å². The zero-order valence-electron chi connectivity index (χ0n) is 17.9. The summed E-state index contributed by atoms with van der Waals surface area (Å²) in [6, 6.07) is 21.5. The molecule has 0 aliphatic heterocycles. The molecule has 170 valence electrons. The molecule has 3 aromatic carbocycles. The van der Waals surface area contributed by atoms with Crippen molar-refractivity contribution in [2.24, 2.45) is 5.10 Å². The van der Waals surface area contributed by atoms with Gasteiger partial charge < -0.3 is 5.11 Å². The van der Waals surface area contributed by atoms with E-state index in [2.05, 4.69) is 10.5 Å². The van der Waals surface area contributed by atoms with Gasteiger partial charge in [-0.05, 0) is 30.7 Å². The number of hydrazone groups is 1. The predicted molar refractivity (Wildman–Crippen MR) is 124 cm³/mol. The van der Waals surface area contributed by atoms with E-state index in [1.807, 2.05) is 13.0 Å². The summed E-state index contributed by atoms with van der Waals surface area (Å²) in [4.78, 5) is 23.9. The van der Waals surface area contributed by atoms with Crippen LogP contribution in [0.3, 0.4) is 0 Å². The quantitative estimate of drug-likeness (QED) is 0.372. The lowest BCUT2D eigenvalue weighted by molar-refractivity contribution is -0.121. The zero-order valence-corrected chi connectivity index (χ0v) is 18.7. The van der Waals surface area contributed by atoms with Crippen molar-refractivity contribution >= 4 is 28.1 Å². The van der Waals surface area contributed by atoms with Crippen molar-refractivity contribution in [2.75, 3.05) is 6.54 Å². The number of benzene rings is 3. The SMILES string of the molecule is Cc1ccc(S(=O)(=O)N(CC(=O)N/N=C\c2ccccc2C(=O)O)Cc2ccccc2)cc1. The summed E-state index contributed by atoms with van der Waals surface area (Å²) in [7, 11) is -3.96. The van der Waals surface area contributed by atoms with Crippen LogP contribution in [0.5, 0.6) is 0 Å². The standard InChI is InChI=1S/C24H23N3O5S/c1-18-11-13-21(14-12-18)33(31,32)27(16-19-7-3-2-4-8-19)17-23(28)26-25-15-20-9-5-6-10-22(20)24(29)30/h2-15H,16-17H2,1H3,(H,26,28)(H,29,30)/b25-15-. The average Bonchev–Trinajstić information content (AvgIpc) is 2.80. The molecular weight excluding hydrogens is 442 g/mol. The molecule has 0 unspecified atom stereocenters. The molecule has 0 bridgehead atoms. The van der Waals surface area contributed by atoms with Crippen LogP contribution < -0.4 is 5.43 Å². The summed E-state index contributed by atoms with van der Waals surface area (Å²) in [6.45, 7) is 1.38. The van der Waals surface area contributed by atoms with Gasteiger partial charge >= 0.3 is 5.97 Å². The number of aromatic carboxylic acids is 1. The first-order valence-electron chi connectivity index (χ1n) is 10.0. The molecule has 0 spiro atoms. The van der Waals surface area contributed by atoms with Gasteiger partial charge in [-0.15, -0.1) is 0 Å². The minimum atomic E-state index is -3.96. The molecule has 9 heteroatoms. The maximum atomic E-state index is 13.2. The van der Waals surface area contributed by atoms with Crippen LogP contribution in [0.2, 0.25) is 0 Å². The van der Waals surface area contributed by atoms with Gasteiger partial charge in [0.05, 0.1) is 23.2 Å². The van der Waals surface area contributed by atoms with Gasteiger partial charge in [-0.2, -0.15) is 9.41 Å². The zero-order chi connectivity index (χ0) is 23.8. The van der Waals surface area contributed by atoms with Gasteiger partial charge in [0.25, 0.3) is 5.91 Å². The average molecular weight is 466 g/mol. The lowest BCUT2D eigenvalue weighted by Crippen LogP contribution is -2.39. The summed E-state index contributed by atoms with van der Waals surface area (Å²) in [5.74, 6) is -1.78. The Morgan fingerprint density at radius 2 is 1.61 bits per heavy atom.